The molecular formula is C11H23N3O5S. The number of rotatable bonds is 9. The third-order valence-electron chi connectivity index (χ3n) is 2.52. The number of amides is 2. The van der Waals surface area contributed by atoms with Gasteiger partial charge in [-0.05, 0) is 12.3 Å². The second-order valence-electron chi connectivity index (χ2n) is 4.87. The smallest absolute Gasteiger partial charge is 0.315 e. The van der Waals surface area contributed by atoms with E-state index in [4.69, 9.17) is 5.11 Å². The number of carboxylic acid groups (broad SMARTS) is 1. The first-order chi connectivity index (χ1) is 9.11. The van der Waals surface area contributed by atoms with Crippen molar-refractivity contribution in [3.63, 3.8) is 0 Å². The first-order valence-corrected chi connectivity index (χ1v) is 8.21. The maximum atomic E-state index is 11.5. The van der Waals surface area contributed by atoms with E-state index in [0.717, 1.165) is 6.26 Å². The summed E-state index contributed by atoms with van der Waals surface area (Å²) in [7, 11) is -3.21. The standard InChI is InChI=1S/C11H23N3O5S/c1-8(2)9(7-10(15)16)14-11(17)12-5-4-6-13-20(3,18)19/h8-9,13H,4-7H2,1-3H3,(H,15,16)(H2,12,14,17). The molecule has 0 spiro atoms. The summed E-state index contributed by atoms with van der Waals surface area (Å²) in [6, 6.07) is -0.897. The molecule has 9 heteroatoms. The Morgan fingerprint density at radius 1 is 1.20 bits per heavy atom. The molecule has 0 heterocycles. The monoisotopic (exact) mass is 309 g/mol. The Kier molecular flexibility index (Phi) is 8.16. The Morgan fingerprint density at radius 2 is 1.80 bits per heavy atom. The molecule has 0 bridgehead atoms. The zero-order chi connectivity index (χ0) is 15.8. The number of carbonyl (C=O) groups excluding carboxylic acids is 1. The Morgan fingerprint density at radius 3 is 2.25 bits per heavy atom. The fraction of sp³-hybridized carbons (Fsp3) is 0.818. The largest absolute Gasteiger partial charge is 0.481 e. The van der Waals surface area contributed by atoms with Crippen LogP contribution in [0.4, 0.5) is 4.79 Å². The highest BCUT2D eigenvalue weighted by Gasteiger charge is 2.18. The van der Waals surface area contributed by atoms with Crippen molar-refractivity contribution in [3.05, 3.63) is 0 Å². The van der Waals surface area contributed by atoms with Gasteiger partial charge in [0.2, 0.25) is 10.0 Å². The van der Waals surface area contributed by atoms with Crippen molar-refractivity contribution < 1.29 is 23.1 Å². The molecule has 0 aliphatic rings. The average molecular weight is 309 g/mol. The van der Waals surface area contributed by atoms with Gasteiger partial charge in [0.1, 0.15) is 0 Å². The summed E-state index contributed by atoms with van der Waals surface area (Å²) in [4.78, 5) is 22.2. The third kappa shape index (κ3) is 10.6. The van der Waals surface area contributed by atoms with Gasteiger partial charge >= 0.3 is 12.0 Å². The van der Waals surface area contributed by atoms with Gasteiger partial charge in [-0.15, -0.1) is 0 Å². The molecule has 0 fully saturated rings. The Labute approximate surface area is 119 Å². The van der Waals surface area contributed by atoms with Crippen molar-refractivity contribution in [2.75, 3.05) is 19.3 Å². The molecule has 0 saturated carbocycles. The van der Waals surface area contributed by atoms with Crippen molar-refractivity contribution in [3.8, 4) is 0 Å². The van der Waals surface area contributed by atoms with Gasteiger partial charge in [0.25, 0.3) is 0 Å². The van der Waals surface area contributed by atoms with E-state index in [9.17, 15) is 18.0 Å². The third-order valence-corrected chi connectivity index (χ3v) is 3.25. The van der Waals surface area contributed by atoms with Gasteiger partial charge in [-0.1, -0.05) is 13.8 Å². The lowest BCUT2D eigenvalue weighted by Gasteiger charge is -2.20. The lowest BCUT2D eigenvalue weighted by atomic mass is 10.0. The van der Waals surface area contributed by atoms with E-state index < -0.39 is 28.1 Å². The summed E-state index contributed by atoms with van der Waals surface area (Å²) < 4.78 is 23.9. The van der Waals surface area contributed by atoms with Crippen LogP contribution >= 0.6 is 0 Å². The number of hydrogen-bond donors (Lipinski definition) is 4. The molecule has 1 unspecified atom stereocenters. The van der Waals surface area contributed by atoms with Crippen LogP contribution in [-0.4, -0.2) is 50.9 Å². The van der Waals surface area contributed by atoms with Crippen LogP contribution in [0.1, 0.15) is 26.7 Å². The van der Waals surface area contributed by atoms with E-state index in [1.165, 1.54) is 0 Å². The fourth-order valence-electron chi connectivity index (χ4n) is 1.41. The number of nitrogens with one attached hydrogen (secondary N) is 3. The van der Waals surface area contributed by atoms with E-state index in [1.54, 1.807) is 0 Å². The summed E-state index contributed by atoms with van der Waals surface area (Å²) in [6.07, 6.45) is 1.37. The highest BCUT2D eigenvalue weighted by Crippen LogP contribution is 2.05. The lowest BCUT2D eigenvalue weighted by Crippen LogP contribution is -2.46. The normalized spacial score (nSPS) is 13.0. The second-order valence-corrected chi connectivity index (χ2v) is 6.70. The number of aliphatic carboxylic acids is 1. The summed E-state index contributed by atoms with van der Waals surface area (Å²) in [5.41, 5.74) is 0. The fourth-order valence-corrected chi connectivity index (χ4v) is 1.92. The maximum absolute atomic E-state index is 11.5. The molecule has 8 nitrogen and oxygen atoms in total. The summed E-state index contributed by atoms with van der Waals surface area (Å²) in [6.45, 7) is 4.18. The molecule has 0 radical (unpaired) electrons. The number of hydrogen-bond acceptors (Lipinski definition) is 4. The van der Waals surface area contributed by atoms with Crippen molar-refractivity contribution >= 4 is 22.0 Å². The van der Waals surface area contributed by atoms with Crippen LogP contribution in [0.3, 0.4) is 0 Å². The van der Waals surface area contributed by atoms with E-state index >= 15 is 0 Å². The van der Waals surface area contributed by atoms with Crippen LogP contribution in [-0.2, 0) is 14.8 Å². The molecule has 0 aromatic rings. The number of carboxylic acids is 1. The van der Waals surface area contributed by atoms with E-state index in [1.807, 2.05) is 13.8 Å². The lowest BCUT2D eigenvalue weighted by molar-refractivity contribution is -0.137. The molecule has 2 amide bonds. The van der Waals surface area contributed by atoms with Gasteiger partial charge in [0, 0.05) is 19.1 Å². The maximum Gasteiger partial charge on any atom is 0.315 e. The predicted octanol–water partition coefficient (Wildman–Crippen LogP) is -0.276. The quantitative estimate of drug-likeness (QED) is 0.436. The molecule has 0 aromatic heterocycles. The number of urea groups is 1. The van der Waals surface area contributed by atoms with Gasteiger partial charge in [-0.2, -0.15) is 0 Å². The van der Waals surface area contributed by atoms with Crippen LogP contribution in [0, 0.1) is 5.92 Å². The Balaban J connectivity index is 3.94. The van der Waals surface area contributed by atoms with E-state index in [0.29, 0.717) is 13.0 Å². The minimum absolute atomic E-state index is 0.00347. The highest BCUT2D eigenvalue weighted by atomic mass is 32.2. The van der Waals surface area contributed by atoms with Gasteiger partial charge in [0.05, 0.1) is 12.7 Å². The molecule has 0 aliphatic heterocycles. The van der Waals surface area contributed by atoms with Crippen LogP contribution < -0.4 is 15.4 Å². The Bertz CT molecular complexity index is 422. The molecule has 0 saturated heterocycles. The molecule has 4 N–H and O–H groups in total. The Hall–Kier alpha value is -1.35. The van der Waals surface area contributed by atoms with Crippen molar-refractivity contribution in [2.45, 2.75) is 32.7 Å². The number of sulfonamides is 1. The van der Waals surface area contributed by atoms with E-state index in [-0.39, 0.29) is 18.9 Å². The summed E-state index contributed by atoms with van der Waals surface area (Å²) in [5, 5.41) is 13.9. The molecule has 0 aliphatic carbocycles. The highest BCUT2D eigenvalue weighted by molar-refractivity contribution is 7.88. The molecule has 1 atom stereocenters. The van der Waals surface area contributed by atoms with Gasteiger partial charge in [-0.25, -0.2) is 17.9 Å². The van der Waals surface area contributed by atoms with Crippen LogP contribution in [0.15, 0.2) is 0 Å². The van der Waals surface area contributed by atoms with Gasteiger partial charge in [-0.3, -0.25) is 4.79 Å². The molecular weight excluding hydrogens is 286 g/mol. The van der Waals surface area contributed by atoms with Crippen LogP contribution in [0.25, 0.3) is 0 Å². The summed E-state index contributed by atoms with van der Waals surface area (Å²) in [5.74, 6) is -0.967. The topological polar surface area (TPSA) is 125 Å². The average Bonchev–Trinajstić information content (AvgIpc) is 2.25. The van der Waals surface area contributed by atoms with Crippen LogP contribution in [0.5, 0.6) is 0 Å². The van der Waals surface area contributed by atoms with Crippen LogP contribution in [0.2, 0.25) is 0 Å². The number of carbonyl (C=O) groups is 2. The first-order valence-electron chi connectivity index (χ1n) is 6.32. The second kappa shape index (κ2) is 8.75. The van der Waals surface area contributed by atoms with Gasteiger partial charge < -0.3 is 15.7 Å². The zero-order valence-electron chi connectivity index (χ0n) is 12.0. The molecule has 118 valence electrons. The van der Waals surface area contributed by atoms with E-state index in [2.05, 4.69) is 15.4 Å². The molecule has 0 rings (SSSR count). The zero-order valence-corrected chi connectivity index (χ0v) is 12.8. The van der Waals surface area contributed by atoms with Crippen molar-refractivity contribution in [1.29, 1.82) is 0 Å². The SMILES string of the molecule is CC(C)C(CC(=O)O)NC(=O)NCCCNS(C)(=O)=O. The first kappa shape index (κ1) is 18.7. The predicted molar refractivity (Wildman–Crippen MR) is 74.9 cm³/mol. The van der Waals surface area contributed by atoms with Crippen molar-refractivity contribution in [1.82, 2.24) is 15.4 Å². The molecule has 0 aromatic carbocycles. The van der Waals surface area contributed by atoms with Crippen molar-refractivity contribution in [2.24, 2.45) is 5.92 Å². The minimum Gasteiger partial charge on any atom is -0.481 e. The van der Waals surface area contributed by atoms with Gasteiger partial charge in [0.15, 0.2) is 0 Å². The summed E-state index contributed by atoms with van der Waals surface area (Å²) >= 11 is 0. The minimum atomic E-state index is -3.21. The molecule has 20 heavy (non-hydrogen) atoms.